The first-order chi connectivity index (χ1) is 7.21. The predicted octanol–water partition coefficient (Wildman–Crippen LogP) is 4.19. The lowest BCUT2D eigenvalue weighted by Crippen LogP contribution is -2.30. The van der Waals surface area contributed by atoms with Crippen LogP contribution in [0.4, 0.5) is 11.4 Å². The minimum absolute atomic E-state index is 0.231. The molecule has 0 fully saturated rings. The summed E-state index contributed by atoms with van der Waals surface area (Å²) in [6.45, 7) is 10.9. The molecule has 0 aliphatic carbocycles. The van der Waals surface area contributed by atoms with Gasteiger partial charge in [0.2, 0.25) is 0 Å². The maximum absolute atomic E-state index is 5.85. The van der Waals surface area contributed by atoms with Gasteiger partial charge in [0.25, 0.3) is 0 Å². The molecule has 0 aliphatic rings. The fourth-order valence-corrected chi connectivity index (χ4v) is 1.73. The lowest BCUT2D eigenvalue weighted by Gasteiger charge is -2.29. The molecule has 3 heteroatoms. The SMILES string of the molecule is Cc1cc(NC(C)C(C)(C)C)c(Br)cc1N. The zero-order valence-electron chi connectivity index (χ0n) is 10.7. The molecule has 1 aromatic rings. The first-order valence-corrected chi connectivity index (χ1v) is 6.33. The highest BCUT2D eigenvalue weighted by Gasteiger charge is 2.20. The van der Waals surface area contributed by atoms with E-state index >= 15 is 0 Å². The van der Waals surface area contributed by atoms with Crippen LogP contribution in [-0.2, 0) is 0 Å². The van der Waals surface area contributed by atoms with E-state index in [0.29, 0.717) is 6.04 Å². The number of hydrogen-bond donors (Lipinski definition) is 2. The Morgan fingerprint density at radius 3 is 2.38 bits per heavy atom. The summed E-state index contributed by atoms with van der Waals surface area (Å²) in [5.41, 5.74) is 9.11. The Hall–Kier alpha value is -0.700. The Morgan fingerprint density at radius 1 is 1.31 bits per heavy atom. The molecule has 0 amide bonds. The van der Waals surface area contributed by atoms with E-state index in [-0.39, 0.29) is 5.41 Å². The smallest absolute Gasteiger partial charge is 0.0491 e. The molecule has 2 nitrogen and oxygen atoms in total. The van der Waals surface area contributed by atoms with Gasteiger partial charge in [-0.2, -0.15) is 0 Å². The van der Waals surface area contributed by atoms with Gasteiger partial charge >= 0.3 is 0 Å². The summed E-state index contributed by atoms with van der Waals surface area (Å²) in [5.74, 6) is 0. The summed E-state index contributed by atoms with van der Waals surface area (Å²) < 4.78 is 1.02. The van der Waals surface area contributed by atoms with Crippen molar-refractivity contribution < 1.29 is 0 Å². The zero-order valence-corrected chi connectivity index (χ0v) is 12.3. The van der Waals surface area contributed by atoms with Crippen LogP contribution in [0.2, 0.25) is 0 Å². The van der Waals surface area contributed by atoms with Crippen LogP contribution in [0.3, 0.4) is 0 Å². The average Bonchev–Trinajstić information content (AvgIpc) is 2.12. The number of nitrogens with one attached hydrogen (secondary N) is 1. The Kier molecular flexibility index (Phi) is 3.89. The van der Waals surface area contributed by atoms with Gasteiger partial charge in [-0.3, -0.25) is 0 Å². The largest absolute Gasteiger partial charge is 0.398 e. The lowest BCUT2D eigenvalue weighted by atomic mass is 9.88. The van der Waals surface area contributed by atoms with Crippen LogP contribution in [-0.4, -0.2) is 6.04 Å². The van der Waals surface area contributed by atoms with E-state index in [1.807, 2.05) is 13.0 Å². The number of nitrogens with two attached hydrogens (primary N) is 1. The minimum atomic E-state index is 0.231. The molecule has 1 unspecified atom stereocenters. The van der Waals surface area contributed by atoms with Crippen LogP contribution in [0, 0.1) is 12.3 Å². The molecular weight excluding hydrogens is 264 g/mol. The van der Waals surface area contributed by atoms with Gasteiger partial charge in [0.05, 0.1) is 0 Å². The fraction of sp³-hybridized carbons (Fsp3) is 0.538. The fourth-order valence-electron chi connectivity index (χ4n) is 1.26. The lowest BCUT2D eigenvalue weighted by molar-refractivity contribution is 0.359. The van der Waals surface area contributed by atoms with Gasteiger partial charge < -0.3 is 11.1 Å². The van der Waals surface area contributed by atoms with Crippen molar-refractivity contribution in [1.29, 1.82) is 0 Å². The van der Waals surface area contributed by atoms with Crippen molar-refractivity contribution in [3.63, 3.8) is 0 Å². The summed E-state index contributed by atoms with van der Waals surface area (Å²) in [4.78, 5) is 0. The number of halogens is 1. The molecule has 0 aliphatic heterocycles. The third-order valence-electron chi connectivity index (χ3n) is 3.03. The maximum Gasteiger partial charge on any atom is 0.0491 e. The van der Waals surface area contributed by atoms with Gasteiger partial charge in [-0.1, -0.05) is 20.8 Å². The number of rotatable bonds is 2. The Bertz CT molecular complexity index is 380. The highest BCUT2D eigenvalue weighted by Crippen LogP contribution is 2.31. The standard InChI is InChI=1S/C13H21BrN2/c1-8-6-12(10(14)7-11(8)15)16-9(2)13(3,4)5/h6-7,9,16H,15H2,1-5H3. The van der Waals surface area contributed by atoms with Crippen LogP contribution >= 0.6 is 15.9 Å². The first-order valence-electron chi connectivity index (χ1n) is 5.54. The highest BCUT2D eigenvalue weighted by molar-refractivity contribution is 9.10. The molecule has 0 aromatic heterocycles. The summed E-state index contributed by atoms with van der Waals surface area (Å²) in [7, 11) is 0. The number of aryl methyl sites for hydroxylation is 1. The normalized spacial score (nSPS) is 13.6. The predicted molar refractivity (Wildman–Crippen MR) is 75.8 cm³/mol. The second-order valence-corrected chi connectivity index (χ2v) is 6.28. The third kappa shape index (κ3) is 3.14. The molecule has 3 N–H and O–H groups in total. The quantitative estimate of drug-likeness (QED) is 0.800. The summed E-state index contributed by atoms with van der Waals surface area (Å²) in [5, 5.41) is 3.52. The van der Waals surface area contributed by atoms with Crippen molar-refractivity contribution in [1.82, 2.24) is 0 Å². The van der Waals surface area contributed by atoms with Gasteiger partial charge in [0.15, 0.2) is 0 Å². The minimum Gasteiger partial charge on any atom is -0.398 e. The van der Waals surface area contributed by atoms with Crippen LogP contribution in [0.5, 0.6) is 0 Å². The van der Waals surface area contributed by atoms with Crippen molar-refractivity contribution in [2.24, 2.45) is 5.41 Å². The van der Waals surface area contributed by atoms with Crippen molar-refractivity contribution >= 4 is 27.3 Å². The molecule has 0 spiro atoms. The molecule has 1 atom stereocenters. The molecule has 1 aromatic carbocycles. The van der Waals surface area contributed by atoms with E-state index in [1.54, 1.807) is 0 Å². The summed E-state index contributed by atoms with van der Waals surface area (Å²) in [6.07, 6.45) is 0. The number of benzene rings is 1. The Labute approximate surface area is 107 Å². The van der Waals surface area contributed by atoms with Crippen LogP contribution in [0.1, 0.15) is 33.3 Å². The van der Waals surface area contributed by atoms with Crippen LogP contribution in [0.25, 0.3) is 0 Å². The second-order valence-electron chi connectivity index (χ2n) is 5.42. The summed E-state index contributed by atoms with van der Waals surface area (Å²) in [6, 6.07) is 4.43. The van der Waals surface area contributed by atoms with E-state index in [1.165, 1.54) is 0 Å². The van der Waals surface area contributed by atoms with Crippen molar-refractivity contribution in [2.75, 3.05) is 11.1 Å². The van der Waals surface area contributed by atoms with Gasteiger partial charge in [-0.15, -0.1) is 0 Å². The highest BCUT2D eigenvalue weighted by atomic mass is 79.9. The monoisotopic (exact) mass is 284 g/mol. The Balaban J connectivity index is 2.94. The number of hydrogen-bond acceptors (Lipinski definition) is 2. The van der Waals surface area contributed by atoms with Crippen molar-refractivity contribution in [3.05, 3.63) is 22.2 Å². The third-order valence-corrected chi connectivity index (χ3v) is 3.68. The molecule has 0 heterocycles. The maximum atomic E-state index is 5.85. The number of nitrogen functional groups attached to an aromatic ring is 1. The van der Waals surface area contributed by atoms with E-state index in [9.17, 15) is 0 Å². The van der Waals surface area contributed by atoms with Gasteiger partial charge in [-0.25, -0.2) is 0 Å². The molecular formula is C13H21BrN2. The summed E-state index contributed by atoms with van der Waals surface area (Å²) >= 11 is 3.53. The van der Waals surface area contributed by atoms with E-state index in [4.69, 9.17) is 5.73 Å². The van der Waals surface area contributed by atoms with Crippen LogP contribution in [0.15, 0.2) is 16.6 Å². The van der Waals surface area contributed by atoms with Crippen LogP contribution < -0.4 is 11.1 Å². The second kappa shape index (κ2) is 4.66. The molecule has 1 rings (SSSR count). The topological polar surface area (TPSA) is 38.0 Å². The van der Waals surface area contributed by atoms with E-state index in [2.05, 4.69) is 55.0 Å². The van der Waals surface area contributed by atoms with Gasteiger partial charge in [0.1, 0.15) is 0 Å². The first kappa shape index (κ1) is 13.4. The van der Waals surface area contributed by atoms with Crippen molar-refractivity contribution in [2.45, 2.75) is 40.7 Å². The number of anilines is 2. The average molecular weight is 285 g/mol. The molecule has 0 radical (unpaired) electrons. The molecule has 0 bridgehead atoms. The van der Waals surface area contributed by atoms with Gasteiger partial charge in [0, 0.05) is 21.9 Å². The van der Waals surface area contributed by atoms with E-state index in [0.717, 1.165) is 21.4 Å². The van der Waals surface area contributed by atoms with Crippen molar-refractivity contribution in [3.8, 4) is 0 Å². The molecule has 0 saturated carbocycles. The Morgan fingerprint density at radius 2 is 1.88 bits per heavy atom. The zero-order chi connectivity index (χ0) is 12.5. The molecule has 16 heavy (non-hydrogen) atoms. The van der Waals surface area contributed by atoms with Gasteiger partial charge in [-0.05, 0) is 52.9 Å². The van der Waals surface area contributed by atoms with E-state index < -0.39 is 0 Å². The molecule has 90 valence electrons. The molecule has 0 saturated heterocycles.